The van der Waals surface area contributed by atoms with Gasteiger partial charge in [0.2, 0.25) is 11.9 Å². The third kappa shape index (κ3) is 4.08. The largest absolute Gasteiger partial charge is 0.338 e. The van der Waals surface area contributed by atoms with Crippen molar-refractivity contribution in [2.45, 2.75) is 18.9 Å². The van der Waals surface area contributed by atoms with E-state index >= 15 is 0 Å². The van der Waals surface area contributed by atoms with E-state index in [4.69, 9.17) is 0 Å². The standard InChI is InChI=1S/C20H24FN5O/c21-17-6-4-16(5-7-17)18-3-1-10-26(18)15-19(27)24-11-13-25(14-12-24)20-22-8-2-9-23-20/h2,4-9,18H,1,3,10-15H2. The first-order chi connectivity index (χ1) is 13.2. The van der Waals surface area contributed by atoms with Gasteiger partial charge >= 0.3 is 0 Å². The Hall–Kier alpha value is -2.54. The SMILES string of the molecule is O=C(CN1CCCC1c1ccc(F)cc1)N1CCN(c2ncccn2)CC1. The van der Waals surface area contributed by atoms with Crippen molar-refractivity contribution in [3.05, 3.63) is 54.1 Å². The Bertz CT molecular complexity index is 762. The molecule has 1 atom stereocenters. The highest BCUT2D eigenvalue weighted by molar-refractivity contribution is 5.78. The Morgan fingerprint density at radius 2 is 1.74 bits per heavy atom. The number of carbonyl (C=O) groups excluding carboxylic acids is 1. The van der Waals surface area contributed by atoms with Gasteiger partial charge in [-0.25, -0.2) is 14.4 Å². The van der Waals surface area contributed by atoms with Gasteiger partial charge in [0.15, 0.2) is 0 Å². The lowest BCUT2D eigenvalue weighted by Gasteiger charge is -2.36. The Balaban J connectivity index is 1.33. The molecule has 2 saturated heterocycles. The fourth-order valence-corrected chi connectivity index (χ4v) is 3.96. The van der Waals surface area contributed by atoms with Crippen LogP contribution < -0.4 is 4.90 Å². The summed E-state index contributed by atoms with van der Waals surface area (Å²) in [5, 5.41) is 0. The molecule has 142 valence electrons. The third-order valence-corrected chi connectivity index (χ3v) is 5.42. The van der Waals surface area contributed by atoms with Crippen molar-refractivity contribution in [3.63, 3.8) is 0 Å². The van der Waals surface area contributed by atoms with E-state index in [9.17, 15) is 9.18 Å². The zero-order chi connectivity index (χ0) is 18.6. The van der Waals surface area contributed by atoms with E-state index in [1.54, 1.807) is 18.5 Å². The van der Waals surface area contributed by atoms with Crippen LogP contribution in [0.25, 0.3) is 0 Å². The molecule has 2 aromatic rings. The van der Waals surface area contributed by atoms with Gasteiger partial charge in [0.05, 0.1) is 6.54 Å². The Labute approximate surface area is 158 Å². The topological polar surface area (TPSA) is 52.6 Å². The first-order valence-electron chi connectivity index (χ1n) is 9.50. The van der Waals surface area contributed by atoms with E-state index in [2.05, 4.69) is 19.8 Å². The number of hydrogen-bond acceptors (Lipinski definition) is 5. The summed E-state index contributed by atoms with van der Waals surface area (Å²) in [6, 6.07) is 8.67. The zero-order valence-electron chi connectivity index (χ0n) is 15.3. The smallest absolute Gasteiger partial charge is 0.236 e. The van der Waals surface area contributed by atoms with Crippen molar-refractivity contribution >= 4 is 11.9 Å². The molecule has 2 fully saturated rings. The third-order valence-electron chi connectivity index (χ3n) is 5.42. The van der Waals surface area contributed by atoms with Crippen LogP contribution in [0.15, 0.2) is 42.7 Å². The van der Waals surface area contributed by atoms with Crippen LogP contribution in [-0.4, -0.2) is 64.9 Å². The second-order valence-electron chi connectivity index (χ2n) is 7.10. The summed E-state index contributed by atoms with van der Waals surface area (Å²) in [5.74, 6) is 0.665. The number of aromatic nitrogens is 2. The zero-order valence-corrected chi connectivity index (χ0v) is 15.3. The van der Waals surface area contributed by atoms with Crippen LogP contribution in [0.2, 0.25) is 0 Å². The van der Waals surface area contributed by atoms with Gasteiger partial charge in [-0.05, 0) is 43.1 Å². The lowest BCUT2D eigenvalue weighted by Crippen LogP contribution is -2.51. The van der Waals surface area contributed by atoms with Gasteiger partial charge in [-0.15, -0.1) is 0 Å². The number of benzene rings is 1. The Morgan fingerprint density at radius 1 is 1.04 bits per heavy atom. The molecule has 0 radical (unpaired) electrons. The maximum atomic E-state index is 13.2. The van der Waals surface area contributed by atoms with Crippen LogP contribution in [0.4, 0.5) is 10.3 Å². The minimum atomic E-state index is -0.223. The maximum absolute atomic E-state index is 13.2. The molecular formula is C20H24FN5O. The molecule has 0 N–H and O–H groups in total. The summed E-state index contributed by atoms with van der Waals surface area (Å²) in [6.07, 6.45) is 5.55. The lowest BCUT2D eigenvalue weighted by atomic mass is 10.0. The molecule has 1 aromatic carbocycles. The molecule has 1 amide bonds. The number of anilines is 1. The van der Waals surface area contributed by atoms with Crippen molar-refractivity contribution in [1.29, 1.82) is 0 Å². The average molecular weight is 369 g/mol. The first-order valence-corrected chi connectivity index (χ1v) is 9.50. The number of amides is 1. The molecule has 1 unspecified atom stereocenters. The van der Waals surface area contributed by atoms with Crippen molar-refractivity contribution < 1.29 is 9.18 Å². The predicted molar refractivity (Wildman–Crippen MR) is 101 cm³/mol. The van der Waals surface area contributed by atoms with Gasteiger partial charge in [0.25, 0.3) is 0 Å². The summed E-state index contributed by atoms with van der Waals surface area (Å²) < 4.78 is 13.2. The van der Waals surface area contributed by atoms with Crippen LogP contribution in [0.3, 0.4) is 0 Å². The van der Waals surface area contributed by atoms with Crippen molar-refractivity contribution in [2.24, 2.45) is 0 Å². The highest BCUT2D eigenvalue weighted by Crippen LogP contribution is 2.31. The van der Waals surface area contributed by atoms with Gasteiger partial charge in [0.1, 0.15) is 5.82 Å². The second kappa shape index (κ2) is 8.00. The van der Waals surface area contributed by atoms with E-state index in [0.29, 0.717) is 19.6 Å². The Morgan fingerprint density at radius 3 is 2.44 bits per heavy atom. The van der Waals surface area contributed by atoms with Crippen LogP contribution in [0.1, 0.15) is 24.4 Å². The van der Waals surface area contributed by atoms with Crippen molar-refractivity contribution in [3.8, 4) is 0 Å². The molecular weight excluding hydrogens is 345 g/mol. The number of hydrogen-bond donors (Lipinski definition) is 0. The summed E-state index contributed by atoms with van der Waals surface area (Å²) in [4.78, 5) is 27.6. The summed E-state index contributed by atoms with van der Waals surface area (Å²) in [7, 11) is 0. The highest BCUT2D eigenvalue weighted by Gasteiger charge is 2.30. The van der Waals surface area contributed by atoms with Gasteiger partial charge in [0, 0.05) is 44.6 Å². The fourth-order valence-electron chi connectivity index (χ4n) is 3.96. The molecule has 2 aliphatic heterocycles. The quantitative estimate of drug-likeness (QED) is 0.826. The van der Waals surface area contributed by atoms with Crippen molar-refractivity contribution in [1.82, 2.24) is 19.8 Å². The molecule has 0 bridgehead atoms. The van der Waals surface area contributed by atoms with E-state index in [1.165, 1.54) is 12.1 Å². The number of likely N-dealkylation sites (tertiary alicyclic amines) is 1. The van der Waals surface area contributed by atoms with Gasteiger partial charge < -0.3 is 9.80 Å². The molecule has 3 heterocycles. The molecule has 0 saturated carbocycles. The normalized spacial score (nSPS) is 20.9. The molecule has 4 rings (SSSR count). The highest BCUT2D eigenvalue weighted by atomic mass is 19.1. The number of piperazine rings is 1. The maximum Gasteiger partial charge on any atom is 0.236 e. The average Bonchev–Trinajstić information content (AvgIpc) is 3.17. The second-order valence-corrected chi connectivity index (χ2v) is 7.10. The Kier molecular flexibility index (Phi) is 5.29. The summed E-state index contributed by atoms with van der Waals surface area (Å²) >= 11 is 0. The number of halogens is 1. The molecule has 2 aliphatic rings. The van der Waals surface area contributed by atoms with Gasteiger partial charge in [-0.3, -0.25) is 9.69 Å². The van der Waals surface area contributed by atoms with E-state index < -0.39 is 0 Å². The van der Waals surface area contributed by atoms with Crippen molar-refractivity contribution in [2.75, 3.05) is 44.2 Å². The molecule has 27 heavy (non-hydrogen) atoms. The van der Waals surface area contributed by atoms with Crippen LogP contribution >= 0.6 is 0 Å². The van der Waals surface area contributed by atoms with Crippen LogP contribution in [0, 0.1) is 5.82 Å². The molecule has 1 aromatic heterocycles. The predicted octanol–water partition coefficient (Wildman–Crippen LogP) is 2.10. The van der Waals surface area contributed by atoms with Crippen LogP contribution in [-0.2, 0) is 4.79 Å². The molecule has 0 spiro atoms. The number of carbonyl (C=O) groups is 1. The molecule has 0 aliphatic carbocycles. The minimum absolute atomic E-state index is 0.164. The monoisotopic (exact) mass is 369 g/mol. The van der Waals surface area contributed by atoms with Crippen LogP contribution in [0.5, 0.6) is 0 Å². The van der Waals surface area contributed by atoms with Gasteiger partial charge in [-0.2, -0.15) is 0 Å². The molecule has 7 heteroatoms. The lowest BCUT2D eigenvalue weighted by molar-refractivity contribution is -0.133. The number of nitrogens with zero attached hydrogens (tertiary/aromatic N) is 5. The minimum Gasteiger partial charge on any atom is -0.338 e. The number of rotatable bonds is 4. The summed E-state index contributed by atoms with van der Waals surface area (Å²) in [6.45, 7) is 4.20. The van der Waals surface area contributed by atoms with E-state index in [-0.39, 0.29) is 17.8 Å². The van der Waals surface area contributed by atoms with E-state index in [0.717, 1.165) is 44.0 Å². The molecule has 6 nitrogen and oxygen atoms in total. The van der Waals surface area contributed by atoms with E-state index in [1.807, 2.05) is 17.0 Å². The summed E-state index contributed by atoms with van der Waals surface area (Å²) in [5.41, 5.74) is 1.09. The first kappa shape index (κ1) is 17.9. The van der Waals surface area contributed by atoms with Gasteiger partial charge in [-0.1, -0.05) is 12.1 Å². The fraction of sp³-hybridized carbons (Fsp3) is 0.450.